The Kier molecular flexibility index (Phi) is 1.69. The number of hydrogen-bond donors (Lipinski definition) is 0. The minimum Gasteiger partial charge on any atom is -0.305 e. The summed E-state index contributed by atoms with van der Waals surface area (Å²) in [6, 6.07) is 0. The Balaban J connectivity index is 1.80. The maximum Gasteiger partial charge on any atom is 0.0506 e. The van der Waals surface area contributed by atoms with Crippen molar-refractivity contribution in [3.63, 3.8) is 0 Å². The lowest BCUT2D eigenvalue weighted by Crippen LogP contribution is -2.70. The van der Waals surface area contributed by atoms with Gasteiger partial charge in [0.2, 0.25) is 0 Å². The van der Waals surface area contributed by atoms with Crippen molar-refractivity contribution in [3.8, 4) is 0 Å². The van der Waals surface area contributed by atoms with E-state index in [1.54, 1.807) is 0 Å². The Bertz CT molecular complexity index is 135. The quantitative estimate of drug-likeness (QED) is 0.383. The average Bonchev–Trinajstić information content (AvgIpc) is 1.74. The fourth-order valence-electron chi connectivity index (χ4n) is 2.29. The molecule has 0 amide bonds. The summed E-state index contributed by atoms with van der Waals surface area (Å²) in [5, 5.41) is 0. The van der Waals surface area contributed by atoms with Crippen molar-refractivity contribution in [2.24, 2.45) is 5.41 Å². The highest BCUT2D eigenvalue weighted by Crippen LogP contribution is 2.38. The van der Waals surface area contributed by atoms with Gasteiger partial charge < -0.3 is 4.90 Å². The molecule has 3 heteroatoms. The second-order valence-electron chi connectivity index (χ2n) is 3.78. The molecule has 2 rings (SSSR count). The van der Waals surface area contributed by atoms with Gasteiger partial charge in [-0.05, 0) is 7.05 Å². The van der Waals surface area contributed by atoms with Crippen LogP contribution in [-0.4, -0.2) is 47.6 Å². The number of alkyl halides is 1. The molecule has 0 aromatic carbocycles. The van der Waals surface area contributed by atoms with Gasteiger partial charge in [-0.2, -0.15) is 0 Å². The summed E-state index contributed by atoms with van der Waals surface area (Å²) in [7, 11) is 2.21. The standard InChI is InChI=1S/C7H13IN2/c1-9-2-7(3-9)4-10(5-7)6-8/h2-6H2,1H3. The molecule has 10 heavy (non-hydrogen) atoms. The van der Waals surface area contributed by atoms with Crippen LogP contribution in [0.5, 0.6) is 0 Å². The zero-order valence-corrected chi connectivity index (χ0v) is 8.47. The zero-order valence-electron chi connectivity index (χ0n) is 6.31. The lowest BCUT2D eigenvalue weighted by Gasteiger charge is -2.59. The molecule has 1 spiro atoms. The van der Waals surface area contributed by atoms with Crippen LogP contribution in [0.15, 0.2) is 0 Å². The summed E-state index contributed by atoms with van der Waals surface area (Å²) in [6.07, 6.45) is 0. The molecule has 0 bridgehead atoms. The van der Waals surface area contributed by atoms with Gasteiger partial charge in [0.05, 0.1) is 4.55 Å². The van der Waals surface area contributed by atoms with Crippen molar-refractivity contribution in [3.05, 3.63) is 0 Å². The molecule has 2 fully saturated rings. The Morgan fingerprint density at radius 3 is 2.30 bits per heavy atom. The van der Waals surface area contributed by atoms with Gasteiger partial charge in [0.1, 0.15) is 0 Å². The Hall–Kier alpha value is 0.650. The van der Waals surface area contributed by atoms with E-state index in [0.29, 0.717) is 0 Å². The summed E-state index contributed by atoms with van der Waals surface area (Å²) >= 11 is 2.44. The molecule has 0 aromatic rings. The molecule has 2 aliphatic heterocycles. The first-order valence-electron chi connectivity index (χ1n) is 3.71. The van der Waals surface area contributed by atoms with E-state index in [2.05, 4.69) is 39.4 Å². The molecule has 2 aliphatic rings. The number of rotatable bonds is 1. The van der Waals surface area contributed by atoms with E-state index in [0.717, 1.165) is 5.41 Å². The summed E-state index contributed by atoms with van der Waals surface area (Å²) in [4.78, 5) is 4.91. The van der Waals surface area contributed by atoms with E-state index in [1.165, 1.54) is 30.7 Å². The Morgan fingerprint density at radius 2 is 1.90 bits per heavy atom. The first-order chi connectivity index (χ1) is 4.74. The minimum atomic E-state index is 0.736. The second kappa shape index (κ2) is 2.32. The smallest absolute Gasteiger partial charge is 0.0506 e. The molecule has 2 saturated heterocycles. The van der Waals surface area contributed by atoms with Gasteiger partial charge in [-0.1, -0.05) is 22.6 Å². The normalized spacial score (nSPS) is 31.8. The highest BCUT2D eigenvalue weighted by atomic mass is 127. The third-order valence-corrected chi connectivity index (χ3v) is 3.46. The van der Waals surface area contributed by atoms with Crippen LogP contribution in [0, 0.1) is 5.41 Å². The van der Waals surface area contributed by atoms with Gasteiger partial charge in [0.25, 0.3) is 0 Å². The van der Waals surface area contributed by atoms with Crippen LogP contribution in [-0.2, 0) is 0 Å². The predicted octanol–water partition coefficient (Wildman–Crippen LogP) is 0.626. The average molecular weight is 252 g/mol. The van der Waals surface area contributed by atoms with Crippen molar-refractivity contribution in [1.29, 1.82) is 0 Å². The molecular weight excluding hydrogens is 239 g/mol. The molecular formula is C7H13IN2. The van der Waals surface area contributed by atoms with Crippen LogP contribution in [0.3, 0.4) is 0 Å². The minimum absolute atomic E-state index is 0.736. The van der Waals surface area contributed by atoms with Crippen LogP contribution >= 0.6 is 22.6 Å². The number of likely N-dealkylation sites (tertiary alicyclic amines) is 2. The van der Waals surface area contributed by atoms with Gasteiger partial charge >= 0.3 is 0 Å². The monoisotopic (exact) mass is 252 g/mol. The summed E-state index contributed by atoms with van der Waals surface area (Å²) in [6.45, 7) is 5.36. The largest absolute Gasteiger partial charge is 0.305 e. The van der Waals surface area contributed by atoms with Gasteiger partial charge in [-0.15, -0.1) is 0 Å². The first-order valence-corrected chi connectivity index (χ1v) is 5.24. The van der Waals surface area contributed by atoms with Crippen molar-refractivity contribution in [2.45, 2.75) is 0 Å². The SMILES string of the molecule is CN1CC2(C1)CN(CI)C2. The van der Waals surface area contributed by atoms with Gasteiger partial charge in [0, 0.05) is 31.6 Å². The van der Waals surface area contributed by atoms with Crippen LogP contribution < -0.4 is 0 Å². The molecule has 0 atom stereocenters. The molecule has 2 nitrogen and oxygen atoms in total. The third kappa shape index (κ3) is 0.987. The molecule has 0 unspecified atom stereocenters. The van der Waals surface area contributed by atoms with Crippen LogP contribution in [0.4, 0.5) is 0 Å². The van der Waals surface area contributed by atoms with Crippen LogP contribution in [0.2, 0.25) is 0 Å². The highest BCUT2D eigenvalue weighted by Gasteiger charge is 2.49. The summed E-state index contributed by atoms with van der Waals surface area (Å²) in [5.41, 5.74) is 0.736. The molecule has 0 radical (unpaired) electrons. The maximum absolute atomic E-state index is 2.51. The molecule has 2 heterocycles. The van der Waals surface area contributed by atoms with E-state index in [1.807, 2.05) is 0 Å². The molecule has 0 aromatic heterocycles. The van der Waals surface area contributed by atoms with Gasteiger partial charge in [-0.3, -0.25) is 4.90 Å². The van der Waals surface area contributed by atoms with Crippen molar-refractivity contribution < 1.29 is 0 Å². The van der Waals surface area contributed by atoms with Gasteiger partial charge in [-0.25, -0.2) is 0 Å². The van der Waals surface area contributed by atoms with E-state index >= 15 is 0 Å². The van der Waals surface area contributed by atoms with Crippen LogP contribution in [0.1, 0.15) is 0 Å². The summed E-state index contributed by atoms with van der Waals surface area (Å²) in [5.74, 6) is 0. The van der Waals surface area contributed by atoms with E-state index in [-0.39, 0.29) is 0 Å². The van der Waals surface area contributed by atoms with Crippen molar-refractivity contribution in [2.75, 3.05) is 37.8 Å². The van der Waals surface area contributed by atoms with Crippen molar-refractivity contribution >= 4 is 22.6 Å². The third-order valence-electron chi connectivity index (χ3n) is 2.50. The van der Waals surface area contributed by atoms with Crippen molar-refractivity contribution in [1.82, 2.24) is 9.80 Å². The predicted molar refractivity (Wildman–Crippen MR) is 50.4 cm³/mol. The second-order valence-corrected chi connectivity index (χ2v) is 4.46. The van der Waals surface area contributed by atoms with Crippen LogP contribution in [0.25, 0.3) is 0 Å². The lowest BCUT2D eigenvalue weighted by molar-refractivity contribution is -0.0940. The number of halogens is 1. The topological polar surface area (TPSA) is 6.48 Å². The molecule has 58 valence electrons. The number of hydrogen-bond acceptors (Lipinski definition) is 2. The molecule has 0 saturated carbocycles. The van der Waals surface area contributed by atoms with E-state index < -0.39 is 0 Å². The highest BCUT2D eigenvalue weighted by molar-refractivity contribution is 14.1. The first kappa shape index (κ1) is 7.31. The van der Waals surface area contributed by atoms with Gasteiger partial charge in [0.15, 0.2) is 0 Å². The molecule has 0 aliphatic carbocycles. The fraction of sp³-hybridized carbons (Fsp3) is 1.00. The molecule has 0 N–H and O–H groups in total. The Morgan fingerprint density at radius 1 is 1.30 bits per heavy atom. The zero-order chi connectivity index (χ0) is 7.19. The number of nitrogens with zero attached hydrogens (tertiary/aromatic N) is 2. The lowest BCUT2D eigenvalue weighted by atomic mass is 9.74. The van der Waals surface area contributed by atoms with E-state index in [4.69, 9.17) is 0 Å². The fourth-order valence-corrected chi connectivity index (χ4v) is 2.77. The Labute approximate surface area is 75.7 Å². The van der Waals surface area contributed by atoms with E-state index in [9.17, 15) is 0 Å². The maximum atomic E-state index is 2.51. The summed E-state index contributed by atoms with van der Waals surface area (Å²) < 4.78 is 1.21.